The molecular weight excluding hydrogens is 383 g/mol. The van der Waals surface area contributed by atoms with E-state index in [1.54, 1.807) is 27.2 Å². The van der Waals surface area contributed by atoms with Crippen LogP contribution in [0.1, 0.15) is 69.4 Å². The van der Waals surface area contributed by atoms with Crippen LogP contribution in [0.4, 0.5) is 5.69 Å². The second-order valence-corrected chi connectivity index (χ2v) is 8.34. The first-order valence-electron chi connectivity index (χ1n) is 10.3. The molecule has 1 aliphatic rings. The number of hydrogen-bond donors (Lipinski definition) is 1. The number of furan rings is 1. The predicted octanol–water partition coefficient (Wildman–Crippen LogP) is 3.70. The minimum atomic E-state index is -0.616. The number of ketones is 1. The average Bonchev–Trinajstić information content (AvgIpc) is 3.15. The van der Waals surface area contributed by atoms with Gasteiger partial charge < -0.3 is 23.9 Å². The number of carbonyl (C=O) groups excluding carboxylic acids is 2. The molecule has 0 radical (unpaired) electrons. The Kier molecular flexibility index (Phi) is 6.74. The lowest BCUT2D eigenvalue weighted by atomic mass is 9.77. The third kappa shape index (κ3) is 3.98. The van der Waals surface area contributed by atoms with Crippen LogP contribution in [-0.2, 0) is 9.31 Å². The predicted molar refractivity (Wildman–Crippen MR) is 121 cm³/mol. The molecule has 0 aliphatic carbocycles. The summed E-state index contributed by atoms with van der Waals surface area (Å²) in [6.45, 7) is 13.3. The number of anilines is 1. The van der Waals surface area contributed by atoms with Crippen molar-refractivity contribution < 1.29 is 23.3 Å². The average molecular weight is 416 g/mol. The summed E-state index contributed by atoms with van der Waals surface area (Å²) in [5.41, 5.74) is 1.21. The van der Waals surface area contributed by atoms with E-state index in [0.29, 0.717) is 11.0 Å². The molecule has 0 bridgehead atoms. The van der Waals surface area contributed by atoms with Crippen LogP contribution in [0, 0.1) is 0 Å². The topological polar surface area (TPSA) is 81.0 Å². The highest BCUT2D eigenvalue weighted by Crippen LogP contribution is 2.38. The maximum atomic E-state index is 12.8. The van der Waals surface area contributed by atoms with Gasteiger partial charge in [-0.15, -0.1) is 0 Å². The Balaban J connectivity index is 0.00000155. The Hall–Kier alpha value is -2.32. The first-order valence-corrected chi connectivity index (χ1v) is 10.3. The van der Waals surface area contributed by atoms with E-state index in [4.69, 9.17) is 13.7 Å². The van der Waals surface area contributed by atoms with Crippen molar-refractivity contribution in [1.29, 1.82) is 0 Å². The minimum Gasteiger partial charge on any atom is -0.452 e. The molecule has 1 aliphatic heterocycles. The van der Waals surface area contributed by atoms with Crippen molar-refractivity contribution in [2.24, 2.45) is 0 Å². The van der Waals surface area contributed by atoms with E-state index in [2.05, 4.69) is 5.32 Å². The summed E-state index contributed by atoms with van der Waals surface area (Å²) in [6, 6.07) is 3.59. The summed E-state index contributed by atoms with van der Waals surface area (Å²) in [5, 5.41) is 3.69. The van der Waals surface area contributed by atoms with Gasteiger partial charge in [0.05, 0.1) is 16.8 Å². The fourth-order valence-electron chi connectivity index (χ4n) is 3.23. The summed E-state index contributed by atoms with van der Waals surface area (Å²) in [7, 11) is 4.45. The lowest BCUT2D eigenvalue weighted by Gasteiger charge is -2.32. The number of rotatable bonds is 4. The van der Waals surface area contributed by atoms with Crippen molar-refractivity contribution in [3.63, 3.8) is 0 Å². The molecule has 0 atom stereocenters. The Bertz CT molecular complexity index is 946. The number of fused-ring (bicyclic) bond motifs is 1. The van der Waals surface area contributed by atoms with Crippen LogP contribution >= 0.6 is 0 Å². The van der Waals surface area contributed by atoms with Gasteiger partial charge in [-0.25, -0.2) is 0 Å². The van der Waals surface area contributed by atoms with Crippen molar-refractivity contribution in [3.8, 4) is 0 Å². The number of nitrogens with one attached hydrogen (secondary N) is 1. The van der Waals surface area contributed by atoms with E-state index < -0.39 is 18.3 Å². The first kappa shape index (κ1) is 24.0. The molecule has 0 unspecified atom stereocenters. The maximum Gasteiger partial charge on any atom is 0.496 e. The molecule has 2 aromatic rings. The highest BCUT2D eigenvalue weighted by atomic mass is 16.7. The molecule has 2 heterocycles. The van der Waals surface area contributed by atoms with Crippen LogP contribution in [-0.4, -0.2) is 56.1 Å². The molecule has 1 fully saturated rings. The van der Waals surface area contributed by atoms with Crippen LogP contribution in [0.2, 0.25) is 0 Å². The van der Waals surface area contributed by atoms with E-state index in [1.165, 1.54) is 11.8 Å². The van der Waals surface area contributed by atoms with Crippen LogP contribution in [0.3, 0.4) is 0 Å². The quantitative estimate of drug-likeness (QED) is 0.605. The van der Waals surface area contributed by atoms with Crippen molar-refractivity contribution in [3.05, 3.63) is 23.5 Å². The molecule has 8 heteroatoms. The molecule has 30 heavy (non-hydrogen) atoms. The highest BCUT2D eigenvalue weighted by molar-refractivity contribution is 6.64. The number of benzene rings is 1. The second-order valence-electron chi connectivity index (χ2n) is 8.34. The Morgan fingerprint density at radius 3 is 2.00 bits per heavy atom. The Labute approximate surface area is 179 Å². The van der Waals surface area contributed by atoms with Gasteiger partial charge in [0.25, 0.3) is 5.91 Å². The molecule has 1 saturated heterocycles. The largest absolute Gasteiger partial charge is 0.496 e. The SMILES string of the molecule is CC.CNc1cc2oc(C(C)=O)c(C(=O)N(C)C)c2cc1B1OC(C)(C)C(C)(C)O1. The highest BCUT2D eigenvalue weighted by Gasteiger charge is 2.52. The van der Waals surface area contributed by atoms with Crippen LogP contribution in [0.15, 0.2) is 16.5 Å². The normalized spacial score (nSPS) is 16.8. The molecule has 1 amide bonds. The van der Waals surface area contributed by atoms with Gasteiger partial charge in [-0.05, 0) is 33.8 Å². The van der Waals surface area contributed by atoms with Gasteiger partial charge in [0.15, 0.2) is 11.5 Å². The third-order valence-corrected chi connectivity index (χ3v) is 5.58. The number of nitrogens with zero attached hydrogens (tertiary/aromatic N) is 1. The summed E-state index contributed by atoms with van der Waals surface area (Å²) < 4.78 is 18.1. The van der Waals surface area contributed by atoms with Gasteiger partial charge in [-0.2, -0.15) is 0 Å². The van der Waals surface area contributed by atoms with Crippen LogP contribution in [0.25, 0.3) is 11.0 Å². The molecule has 164 valence electrons. The molecule has 0 saturated carbocycles. The second kappa shape index (κ2) is 8.43. The van der Waals surface area contributed by atoms with Crippen molar-refractivity contribution in [2.45, 2.75) is 59.7 Å². The summed E-state index contributed by atoms with van der Waals surface area (Å²) >= 11 is 0. The molecule has 3 rings (SSSR count). The first-order chi connectivity index (χ1) is 13.9. The van der Waals surface area contributed by atoms with Crippen LogP contribution < -0.4 is 10.8 Å². The third-order valence-electron chi connectivity index (χ3n) is 5.58. The molecule has 0 spiro atoms. The standard InChI is InChI=1S/C20H27BN2O5.C2H6/c1-11(24)17-16(18(25)23(7)8)12-9-13(14(22-6)10-15(12)26-17)21-27-19(2,3)20(4,5)28-21;1-2/h9-10,22H,1-8H3;1-2H3. The van der Waals surface area contributed by atoms with Crippen LogP contribution in [0.5, 0.6) is 0 Å². The Morgan fingerprint density at radius 2 is 1.57 bits per heavy atom. The number of Topliss-reactive ketones (excluding diaryl/α,β-unsaturated/α-hetero) is 1. The van der Waals surface area contributed by atoms with Crippen molar-refractivity contribution in [1.82, 2.24) is 4.90 Å². The zero-order valence-corrected chi connectivity index (χ0v) is 19.7. The zero-order valence-electron chi connectivity index (χ0n) is 19.7. The smallest absolute Gasteiger partial charge is 0.452 e. The van der Waals surface area contributed by atoms with E-state index in [-0.39, 0.29) is 23.0 Å². The number of carbonyl (C=O) groups is 2. The fourth-order valence-corrected chi connectivity index (χ4v) is 3.23. The molecule has 7 nitrogen and oxygen atoms in total. The van der Waals surface area contributed by atoms with Gasteiger partial charge in [-0.3, -0.25) is 9.59 Å². The van der Waals surface area contributed by atoms with Gasteiger partial charge >= 0.3 is 7.12 Å². The molecule has 1 aromatic carbocycles. The molecular formula is C22H33BN2O5. The van der Waals surface area contributed by atoms with Crippen molar-refractivity contribution in [2.75, 3.05) is 26.5 Å². The van der Waals surface area contributed by atoms with Crippen molar-refractivity contribution >= 4 is 40.9 Å². The molecule has 1 aromatic heterocycles. The van der Waals surface area contributed by atoms with E-state index >= 15 is 0 Å². The lowest BCUT2D eigenvalue weighted by molar-refractivity contribution is 0.00578. The Morgan fingerprint density at radius 1 is 1.03 bits per heavy atom. The van der Waals surface area contributed by atoms with Gasteiger partial charge in [0.1, 0.15) is 5.58 Å². The monoisotopic (exact) mass is 416 g/mol. The molecule has 1 N–H and O–H groups in total. The maximum absolute atomic E-state index is 12.8. The van der Waals surface area contributed by atoms with Gasteiger partial charge in [-0.1, -0.05) is 13.8 Å². The van der Waals surface area contributed by atoms with E-state index in [1.807, 2.05) is 47.6 Å². The van der Waals surface area contributed by atoms with E-state index in [0.717, 1.165) is 11.2 Å². The zero-order chi connectivity index (χ0) is 23.0. The van der Waals surface area contributed by atoms with Gasteiger partial charge in [0.2, 0.25) is 0 Å². The summed E-state index contributed by atoms with van der Waals surface area (Å²) in [6.07, 6.45) is 0. The minimum absolute atomic E-state index is 0.0572. The van der Waals surface area contributed by atoms with Gasteiger partial charge in [0, 0.05) is 50.7 Å². The fraction of sp³-hybridized carbons (Fsp3) is 0.545. The lowest BCUT2D eigenvalue weighted by Crippen LogP contribution is -2.41. The number of amides is 1. The number of hydrogen-bond acceptors (Lipinski definition) is 6. The summed E-state index contributed by atoms with van der Waals surface area (Å²) in [4.78, 5) is 26.3. The van der Waals surface area contributed by atoms with E-state index in [9.17, 15) is 9.59 Å². The summed E-state index contributed by atoms with van der Waals surface area (Å²) in [5.74, 6) is -0.535.